The van der Waals surface area contributed by atoms with Crippen LogP contribution in [0, 0.1) is 0 Å². The maximum absolute atomic E-state index is 11.4. The summed E-state index contributed by atoms with van der Waals surface area (Å²) in [7, 11) is 1.42. The van der Waals surface area contributed by atoms with Gasteiger partial charge in [-0.2, -0.15) is 0 Å². The Morgan fingerprint density at radius 3 is 2.56 bits per heavy atom. The van der Waals surface area contributed by atoms with Gasteiger partial charge in [-0.1, -0.05) is 30.3 Å². The summed E-state index contributed by atoms with van der Waals surface area (Å²) in [6, 6.07) is 8.15. The molecule has 0 fully saturated rings. The van der Waals surface area contributed by atoms with Crippen LogP contribution in [0.4, 0.5) is 4.79 Å². The third-order valence-electron chi connectivity index (χ3n) is 2.25. The van der Waals surface area contributed by atoms with E-state index in [0.717, 1.165) is 5.56 Å². The molecule has 0 aliphatic carbocycles. The Hall–Kier alpha value is -2.08. The summed E-state index contributed by atoms with van der Waals surface area (Å²) in [6.07, 6.45) is -0.749. The summed E-state index contributed by atoms with van der Waals surface area (Å²) in [5, 5.41) is 13.5. The standard InChI is InChI=1S/C12H16N2O4/c1-13-11(16)10(7-15)14-12(17)18-8-9-5-3-2-4-6-9/h2-6,10,15H,7-8H2,1H3,(H,13,16)(H,14,17)/t10-/m1/s1. The number of hydrogen-bond donors (Lipinski definition) is 3. The molecule has 1 rings (SSSR count). The number of likely N-dealkylation sites (N-methyl/N-ethyl adjacent to an activating group) is 1. The molecule has 3 N–H and O–H groups in total. The molecule has 0 aliphatic rings. The van der Waals surface area contributed by atoms with Gasteiger partial charge in [-0.05, 0) is 5.56 Å². The van der Waals surface area contributed by atoms with Crippen LogP contribution in [-0.4, -0.2) is 36.8 Å². The number of hydrogen-bond acceptors (Lipinski definition) is 4. The van der Waals surface area contributed by atoms with Gasteiger partial charge in [-0.25, -0.2) is 4.79 Å². The molecule has 1 atom stereocenters. The summed E-state index contributed by atoms with van der Waals surface area (Å²) in [4.78, 5) is 22.6. The van der Waals surface area contributed by atoms with Crippen molar-refractivity contribution in [2.45, 2.75) is 12.6 Å². The Morgan fingerprint density at radius 2 is 2.00 bits per heavy atom. The Labute approximate surface area is 105 Å². The van der Waals surface area contributed by atoms with E-state index in [1.54, 1.807) is 0 Å². The van der Waals surface area contributed by atoms with Crippen LogP contribution < -0.4 is 10.6 Å². The molecule has 1 aromatic carbocycles. The lowest BCUT2D eigenvalue weighted by Gasteiger charge is -2.14. The fourth-order valence-electron chi connectivity index (χ4n) is 1.28. The van der Waals surface area contributed by atoms with Crippen LogP contribution in [0.3, 0.4) is 0 Å². The Balaban J connectivity index is 2.39. The lowest BCUT2D eigenvalue weighted by Crippen LogP contribution is -2.48. The largest absolute Gasteiger partial charge is 0.445 e. The quantitative estimate of drug-likeness (QED) is 0.689. The third-order valence-corrected chi connectivity index (χ3v) is 2.25. The summed E-state index contributed by atoms with van der Waals surface area (Å²) in [5.41, 5.74) is 0.841. The van der Waals surface area contributed by atoms with E-state index in [2.05, 4.69) is 10.6 Å². The topological polar surface area (TPSA) is 87.7 Å². The van der Waals surface area contributed by atoms with Crippen molar-refractivity contribution in [3.63, 3.8) is 0 Å². The van der Waals surface area contributed by atoms with Crippen LogP contribution in [0.25, 0.3) is 0 Å². The molecule has 1 aromatic rings. The zero-order valence-corrected chi connectivity index (χ0v) is 10.1. The molecule has 0 spiro atoms. The van der Waals surface area contributed by atoms with Gasteiger partial charge in [0.05, 0.1) is 6.61 Å². The fraction of sp³-hybridized carbons (Fsp3) is 0.333. The number of amides is 2. The molecule has 6 nitrogen and oxygen atoms in total. The highest BCUT2D eigenvalue weighted by Gasteiger charge is 2.18. The van der Waals surface area contributed by atoms with E-state index < -0.39 is 24.6 Å². The third kappa shape index (κ3) is 4.42. The van der Waals surface area contributed by atoms with Crippen LogP contribution >= 0.6 is 0 Å². The van der Waals surface area contributed by atoms with Crippen LogP contribution in [0.2, 0.25) is 0 Å². The van der Waals surface area contributed by atoms with Gasteiger partial charge in [0, 0.05) is 7.05 Å². The molecule has 0 unspecified atom stereocenters. The van der Waals surface area contributed by atoms with E-state index in [1.165, 1.54) is 7.05 Å². The van der Waals surface area contributed by atoms with E-state index in [4.69, 9.17) is 9.84 Å². The van der Waals surface area contributed by atoms with Crippen LogP contribution in [-0.2, 0) is 16.1 Å². The zero-order chi connectivity index (χ0) is 13.4. The molecular formula is C12H16N2O4. The van der Waals surface area contributed by atoms with Crippen molar-refractivity contribution in [2.75, 3.05) is 13.7 Å². The van der Waals surface area contributed by atoms with Crippen molar-refractivity contribution in [1.29, 1.82) is 0 Å². The number of ether oxygens (including phenoxy) is 1. The normalized spacial score (nSPS) is 11.4. The first kappa shape index (κ1) is 14.0. The average Bonchev–Trinajstić information content (AvgIpc) is 2.42. The monoisotopic (exact) mass is 252 g/mol. The summed E-state index contributed by atoms with van der Waals surface area (Å²) < 4.78 is 4.91. The van der Waals surface area contributed by atoms with Crippen molar-refractivity contribution >= 4 is 12.0 Å². The van der Waals surface area contributed by atoms with Crippen molar-refractivity contribution < 1.29 is 19.4 Å². The first-order valence-corrected chi connectivity index (χ1v) is 5.47. The van der Waals surface area contributed by atoms with Gasteiger partial charge in [-0.15, -0.1) is 0 Å². The number of aliphatic hydroxyl groups excluding tert-OH is 1. The molecule has 2 amide bonds. The minimum atomic E-state index is -1.00. The van der Waals surface area contributed by atoms with Crippen molar-refractivity contribution in [3.05, 3.63) is 35.9 Å². The maximum Gasteiger partial charge on any atom is 0.408 e. The number of benzene rings is 1. The Bertz CT molecular complexity index is 394. The molecule has 6 heteroatoms. The Kier molecular flexibility index (Phi) is 5.66. The molecule has 0 aromatic heterocycles. The number of rotatable bonds is 5. The molecule has 98 valence electrons. The molecule has 0 saturated carbocycles. The van der Waals surface area contributed by atoms with E-state index in [1.807, 2.05) is 30.3 Å². The van der Waals surface area contributed by atoms with Crippen molar-refractivity contribution in [1.82, 2.24) is 10.6 Å². The first-order chi connectivity index (χ1) is 8.67. The predicted octanol–water partition coefficient (Wildman–Crippen LogP) is 0.0197. The molecule has 0 radical (unpaired) electrons. The molecule has 0 saturated heterocycles. The van der Waals surface area contributed by atoms with Crippen LogP contribution in [0.5, 0.6) is 0 Å². The highest BCUT2D eigenvalue weighted by molar-refractivity contribution is 5.85. The lowest BCUT2D eigenvalue weighted by molar-refractivity contribution is -0.123. The molecule has 0 bridgehead atoms. The van der Waals surface area contributed by atoms with Gasteiger partial charge in [0.15, 0.2) is 0 Å². The predicted molar refractivity (Wildman–Crippen MR) is 64.7 cm³/mol. The number of nitrogens with one attached hydrogen (secondary N) is 2. The minimum Gasteiger partial charge on any atom is -0.445 e. The molecule has 18 heavy (non-hydrogen) atoms. The number of alkyl carbamates (subject to hydrolysis) is 1. The molecule has 0 heterocycles. The second kappa shape index (κ2) is 7.29. The minimum absolute atomic E-state index is 0.110. The first-order valence-electron chi connectivity index (χ1n) is 5.47. The lowest BCUT2D eigenvalue weighted by atomic mass is 10.2. The number of aliphatic hydroxyl groups is 1. The fourth-order valence-corrected chi connectivity index (χ4v) is 1.28. The second-order valence-electron chi connectivity index (χ2n) is 3.56. The van der Waals surface area contributed by atoms with E-state index in [0.29, 0.717) is 0 Å². The van der Waals surface area contributed by atoms with Gasteiger partial charge in [-0.3, -0.25) is 4.79 Å². The number of carbonyl (C=O) groups excluding carboxylic acids is 2. The molecule has 0 aliphatic heterocycles. The highest BCUT2D eigenvalue weighted by Crippen LogP contribution is 2.00. The smallest absolute Gasteiger partial charge is 0.408 e. The highest BCUT2D eigenvalue weighted by atomic mass is 16.5. The van der Waals surface area contributed by atoms with Gasteiger partial charge in [0.1, 0.15) is 12.6 Å². The number of carbonyl (C=O) groups is 2. The SMILES string of the molecule is CNC(=O)[C@@H](CO)NC(=O)OCc1ccccc1. The summed E-state index contributed by atoms with van der Waals surface area (Å²) in [6.45, 7) is -0.376. The van der Waals surface area contributed by atoms with Gasteiger partial charge < -0.3 is 20.5 Å². The molecular weight excluding hydrogens is 236 g/mol. The van der Waals surface area contributed by atoms with Crippen molar-refractivity contribution in [3.8, 4) is 0 Å². The Morgan fingerprint density at radius 1 is 1.33 bits per heavy atom. The van der Waals surface area contributed by atoms with Gasteiger partial charge >= 0.3 is 6.09 Å². The zero-order valence-electron chi connectivity index (χ0n) is 10.1. The summed E-state index contributed by atoms with van der Waals surface area (Å²) >= 11 is 0. The van der Waals surface area contributed by atoms with Gasteiger partial charge in [0.2, 0.25) is 5.91 Å². The summed E-state index contributed by atoms with van der Waals surface area (Å²) in [5.74, 6) is -0.478. The van der Waals surface area contributed by atoms with Crippen LogP contribution in [0.1, 0.15) is 5.56 Å². The van der Waals surface area contributed by atoms with E-state index in [-0.39, 0.29) is 6.61 Å². The van der Waals surface area contributed by atoms with Crippen LogP contribution in [0.15, 0.2) is 30.3 Å². The van der Waals surface area contributed by atoms with E-state index in [9.17, 15) is 9.59 Å². The maximum atomic E-state index is 11.4. The van der Waals surface area contributed by atoms with E-state index >= 15 is 0 Å². The van der Waals surface area contributed by atoms with Crippen molar-refractivity contribution in [2.24, 2.45) is 0 Å². The second-order valence-corrected chi connectivity index (χ2v) is 3.56. The average molecular weight is 252 g/mol. The van der Waals surface area contributed by atoms with Gasteiger partial charge in [0.25, 0.3) is 0 Å².